The summed E-state index contributed by atoms with van der Waals surface area (Å²) in [5, 5.41) is 8.05. The first-order chi connectivity index (χ1) is 13.2. The Morgan fingerprint density at radius 3 is 2.81 bits per heavy atom. The lowest BCUT2D eigenvalue weighted by molar-refractivity contribution is -0.148. The molecule has 0 saturated carbocycles. The highest BCUT2D eigenvalue weighted by atomic mass is 16.5. The van der Waals surface area contributed by atoms with Crippen LogP contribution in [-0.4, -0.2) is 44.3 Å². The zero-order valence-electron chi connectivity index (χ0n) is 15.6. The second-order valence-corrected chi connectivity index (χ2v) is 6.66. The van der Waals surface area contributed by atoms with E-state index in [4.69, 9.17) is 9.47 Å². The fourth-order valence-corrected chi connectivity index (χ4v) is 3.43. The minimum absolute atomic E-state index is 0.0168. The lowest BCUT2D eigenvalue weighted by Gasteiger charge is -2.29. The largest absolute Gasteiger partial charge is 0.465 e. The van der Waals surface area contributed by atoms with Crippen molar-refractivity contribution in [3.8, 4) is 0 Å². The maximum atomic E-state index is 12.5. The van der Waals surface area contributed by atoms with E-state index in [-0.39, 0.29) is 24.3 Å². The fraction of sp³-hybridized carbons (Fsp3) is 0.429. The van der Waals surface area contributed by atoms with Gasteiger partial charge in [0.15, 0.2) is 0 Å². The van der Waals surface area contributed by atoms with Crippen LogP contribution in [0.1, 0.15) is 19.8 Å². The van der Waals surface area contributed by atoms with E-state index < -0.39 is 6.04 Å². The van der Waals surface area contributed by atoms with E-state index in [1.54, 1.807) is 6.92 Å². The van der Waals surface area contributed by atoms with Crippen LogP contribution in [0.5, 0.6) is 0 Å². The number of fused-ring (bicyclic) bond motifs is 1. The van der Waals surface area contributed by atoms with Crippen molar-refractivity contribution >= 4 is 28.3 Å². The molecule has 2 aromatic carbocycles. The molecule has 0 bridgehead atoms. The van der Waals surface area contributed by atoms with E-state index in [1.807, 2.05) is 42.5 Å². The molecule has 1 aliphatic heterocycles. The van der Waals surface area contributed by atoms with E-state index >= 15 is 0 Å². The van der Waals surface area contributed by atoms with Gasteiger partial charge in [-0.25, -0.2) is 0 Å². The second kappa shape index (κ2) is 9.48. The molecule has 2 atom stereocenters. The first-order valence-electron chi connectivity index (χ1n) is 9.44. The number of amides is 1. The predicted octanol–water partition coefficient (Wildman–Crippen LogP) is 2.73. The van der Waals surface area contributed by atoms with Crippen LogP contribution >= 0.6 is 0 Å². The molecule has 6 heteroatoms. The quantitative estimate of drug-likeness (QED) is 0.733. The molecule has 1 fully saturated rings. The minimum atomic E-state index is -0.538. The number of benzene rings is 2. The van der Waals surface area contributed by atoms with Crippen LogP contribution in [0.2, 0.25) is 0 Å². The molecule has 0 radical (unpaired) electrons. The van der Waals surface area contributed by atoms with Crippen molar-refractivity contribution in [3.63, 3.8) is 0 Å². The highest BCUT2D eigenvalue weighted by Crippen LogP contribution is 2.23. The van der Waals surface area contributed by atoms with Crippen LogP contribution in [0.4, 0.5) is 5.69 Å². The minimum Gasteiger partial charge on any atom is -0.465 e. The Bertz CT molecular complexity index is 781. The number of ether oxygens (including phenoxy) is 2. The highest BCUT2D eigenvalue weighted by Gasteiger charge is 2.31. The molecule has 6 nitrogen and oxygen atoms in total. The fourth-order valence-electron chi connectivity index (χ4n) is 3.43. The topological polar surface area (TPSA) is 76.7 Å². The molecule has 2 aromatic rings. The molecule has 3 rings (SSSR count). The van der Waals surface area contributed by atoms with Crippen molar-refractivity contribution in [3.05, 3.63) is 42.5 Å². The summed E-state index contributed by atoms with van der Waals surface area (Å²) in [5.74, 6) is -0.508. The summed E-state index contributed by atoms with van der Waals surface area (Å²) in [5.41, 5.74) is 0.758. The molecular weight excluding hydrogens is 344 g/mol. The average Bonchev–Trinajstić information content (AvgIpc) is 2.69. The SMILES string of the molecule is CCOC(=O)[C@@H](NCC(=O)Nc1cccc2ccccc12)[C@H]1CCCOC1. The predicted molar refractivity (Wildman–Crippen MR) is 105 cm³/mol. The standard InChI is InChI=1S/C21H26N2O4/c1-2-27-21(25)20(16-9-6-12-26-14-16)22-13-19(24)23-18-11-5-8-15-7-3-4-10-17(15)18/h3-5,7-8,10-11,16,20,22H,2,6,9,12-14H2,1H3,(H,23,24)/t16-,20-/m0/s1. The van der Waals surface area contributed by atoms with Crippen LogP contribution < -0.4 is 10.6 Å². The van der Waals surface area contributed by atoms with Crippen LogP contribution in [0.25, 0.3) is 10.8 Å². The van der Waals surface area contributed by atoms with Gasteiger partial charge in [-0.3, -0.25) is 14.9 Å². The lowest BCUT2D eigenvalue weighted by Crippen LogP contribution is -2.49. The second-order valence-electron chi connectivity index (χ2n) is 6.66. The third kappa shape index (κ3) is 5.05. The Morgan fingerprint density at radius 2 is 2.04 bits per heavy atom. The third-order valence-electron chi connectivity index (χ3n) is 4.75. The molecular formula is C21H26N2O4. The Balaban J connectivity index is 1.63. The van der Waals surface area contributed by atoms with Gasteiger partial charge in [0.25, 0.3) is 0 Å². The zero-order valence-corrected chi connectivity index (χ0v) is 15.6. The molecule has 1 aliphatic rings. The van der Waals surface area contributed by atoms with Gasteiger partial charge in [0.2, 0.25) is 5.91 Å². The molecule has 0 spiro atoms. The number of hydrogen-bond acceptors (Lipinski definition) is 5. The Kier molecular flexibility index (Phi) is 6.79. The Morgan fingerprint density at radius 1 is 1.22 bits per heavy atom. The van der Waals surface area contributed by atoms with Crippen LogP contribution in [0, 0.1) is 5.92 Å². The summed E-state index contributed by atoms with van der Waals surface area (Å²) < 4.78 is 10.7. The first-order valence-corrected chi connectivity index (χ1v) is 9.44. The summed E-state index contributed by atoms with van der Waals surface area (Å²) in [6.07, 6.45) is 1.78. The highest BCUT2D eigenvalue weighted by molar-refractivity contribution is 6.02. The van der Waals surface area contributed by atoms with Crippen LogP contribution in [-0.2, 0) is 19.1 Å². The maximum Gasteiger partial charge on any atom is 0.323 e. The molecule has 144 valence electrons. The van der Waals surface area contributed by atoms with Crippen molar-refractivity contribution < 1.29 is 19.1 Å². The Labute approximate surface area is 159 Å². The van der Waals surface area contributed by atoms with E-state index in [0.29, 0.717) is 19.8 Å². The average molecular weight is 370 g/mol. The van der Waals surface area contributed by atoms with Gasteiger partial charge in [-0.2, -0.15) is 0 Å². The summed E-state index contributed by atoms with van der Waals surface area (Å²) in [6, 6.07) is 13.1. The van der Waals surface area contributed by atoms with E-state index in [9.17, 15) is 9.59 Å². The molecule has 2 N–H and O–H groups in total. The van der Waals surface area contributed by atoms with Gasteiger partial charge in [0, 0.05) is 23.6 Å². The lowest BCUT2D eigenvalue weighted by atomic mass is 9.93. The van der Waals surface area contributed by atoms with Gasteiger partial charge in [-0.1, -0.05) is 36.4 Å². The van der Waals surface area contributed by atoms with Crippen molar-refractivity contribution in [2.24, 2.45) is 5.92 Å². The zero-order chi connectivity index (χ0) is 19.1. The smallest absolute Gasteiger partial charge is 0.323 e. The summed E-state index contributed by atoms with van der Waals surface area (Å²) in [7, 11) is 0. The molecule has 1 amide bonds. The van der Waals surface area contributed by atoms with Gasteiger partial charge >= 0.3 is 5.97 Å². The number of carbonyl (C=O) groups excluding carboxylic acids is 2. The molecule has 27 heavy (non-hydrogen) atoms. The molecule has 0 aliphatic carbocycles. The van der Waals surface area contributed by atoms with Gasteiger partial charge in [0.05, 0.1) is 19.8 Å². The van der Waals surface area contributed by atoms with Gasteiger partial charge in [0.1, 0.15) is 6.04 Å². The normalized spacial score (nSPS) is 18.0. The van der Waals surface area contributed by atoms with Crippen molar-refractivity contribution in [2.75, 3.05) is 31.7 Å². The number of hydrogen-bond donors (Lipinski definition) is 2. The number of rotatable bonds is 7. The number of anilines is 1. The first kappa shape index (κ1) is 19.3. The summed E-state index contributed by atoms with van der Waals surface area (Å²) in [4.78, 5) is 24.8. The van der Waals surface area contributed by atoms with E-state index in [2.05, 4.69) is 10.6 Å². The van der Waals surface area contributed by atoms with Gasteiger partial charge in [-0.15, -0.1) is 0 Å². The number of nitrogens with one attached hydrogen (secondary N) is 2. The van der Waals surface area contributed by atoms with Gasteiger partial charge < -0.3 is 14.8 Å². The van der Waals surface area contributed by atoms with Crippen molar-refractivity contribution in [2.45, 2.75) is 25.8 Å². The monoisotopic (exact) mass is 370 g/mol. The van der Waals surface area contributed by atoms with Crippen LogP contribution in [0.3, 0.4) is 0 Å². The van der Waals surface area contributed by atoms with E-state index in [1.165, 1.54) is 0 Å². The van der Waals surface area contributed by atoms with Crippen molar-refractivity contribution in [1.29, 1.82) is 0 Å². The van der Waals surface area contributed by atoms with E-state index in [0.717, 1.165) is 29.3 Å². The maximum absolute atomic E-state index is 12.5. The van der Waals surface area contributed by atoms with Gasteiger partial charge in [-0.05, 0) is 31.2 Å². The molecule has 1 heterocycles. The van der Waals surface area contributed by atoms with Crippen LogP contribution in [0.15, 0.2) is 42.5 Å². The molecule has 1 saturated heterocycles. The summed E-state index contributed by atoms with van der Waals surface area (Å²) in [6.45, 7) is 3.34. The number of carbonyl (C=O) groups is 2. The Hall–Kier alpha value is -2.44. The number of esters is 1. The van der Waals surface area contributed by atoms with Crippen molar-refractivity contribution in [1.82, 2.24) is 5.32 Å². The third-order valence-corrected chi connectivity index (χ3v) is 4.75. The molecule has 0 aromatic heterocycles. The summed E-state index contributed by atoms with van der Waals surface area (Å²) >= 11 is 0. The molecule has 0 unspecified atom stereocenters.